The van der Waals surface area contributed by atoms with E-state index < -0.39 is 0 Å². The molecular formula is C18H25NO6. The Hall–Kier alpha value is -2.09. The normalized spacial score (nSPS) is 17.0. The molecule has 1 heterocycles. The molecule has 0 atom stereocenters. The number of rotatable bonds is 2. The molecule has 0 saturated heterocycles. The lowest BCUT2D eigenvalue weighted by Gasteiger charge is -2.15. The van der Waals surface area contributed by atoms with E-state index in [1.54, 1.807) is 25.1 Å². The summed E-state index contributed by atoms with van der Waals surface area (Å²) in [6.45, 7) is 8.98. The molecule has 1 amide bonds. The molecule has 2 rings (SSSR count). The van der Waals surface area contributed by atoms with Crippen molar-refractivity contribution in [3.05, 3.63) is 30.4 Å². The molecule has 0 aromatic heterocycles. The number of carbonyl (C=O) groups is 1. The molecular weight excluding hydrogens is 326 g/mol. The van der Waals surface area contributed by atoms with Crippen LogP contribution in [0.25, 0.3) is 0 Å². The predicted molar refractivity (Wildman–Crippen MR) is 93.3 cm³/mol. The van der Waals surface area contributed by atoms with Crippen molar-refractivity contribution in [2.75, 3.05) is 58.2 Å². The zero-order valence-electron chi connectivity index (χ0n) is 14.5. The SMILES string of the molecule is C=C(C)C(=O)Nc1ccc2c(c1)OCCOCCOCCOCCO2. The van der Waals surface area contributed by atoms with Crippen LogP contribution in [-0.2, 0) is 19.0 Å². The second-order valence-electron chi connectivity index (χ2n) is 5.43. The lowest BCUT2D eigenvalue weighted by molar-refractivity contribution is -0.112. The van der Waals surface area contributed by atoms with Crippen LogP contribution in [0.3, 0.4) is 0 Å². The van der Waals surface area contributed by atoms with E-state index in [2.05, 4.69) is 11.9 Å². The molecule has 0 fully saturated rings. The third kappa shape index (κ3) is 7.13. The predicted octanol–water partition coefficient (Wildman–Crippen LogP) is 2.02. The highest BCUT2D eigenvalue weighted by molar-refractivity contribution is 6.02. The smallest absolute Gasteiger partial charge is 0.250 e. The van der Waals surface area contributed by atoms with Crippen molar-refractivity contribution in [2.45, 2.75) is 6.92 Å². The number of hydrogen-bond donors (Lipinski definition) is 1. The number of ether oxygens (including phenoxy) is 5. The van der Waals surface area contributed by atoms with Crippen molar-refractivity contribution >= 4 is 11.6 Å². The lowest BCUT2D eigenvalue weighted by atomic mass is 10.2. The van der Waals surface area contributed by atoms with Crippen LogP contribution in [0.4, 0.5) is 5.69 Å². The quantitative estimate of drug-likeness (QED) is 0.822. The summed E-state index contributed by atoms with van der Waals surface area (Å²) in [7, 11) is 0. The highest BCUT2D eigenvalue weighted by atomic mass is 16.6. The Balaban J connectivity index is 2.03. The number of carbonyl (C=O) groups excluding carboxylic acids is 1. The molecule has 1 N–H and O–H groups in total. The van der Waals surface area contributed by atoms with Crippen molar-refractivity contribution in [1.82, 2.24) is 0 Å². The van der Waals surface area contributed by atoms with Gasteiger partial charge in [0.1, 0.15) is 13.2 Å². The van der Waals surface area contributed by atoms with Gasteiger partial charge in [0.2, 0.25) is 0 Å². The maximum absolute atomic E-state index is 11.8. The standard InChI is InChI=1S/C18H25NO6/c1-14(2)18(20)19-15-3-4-16-17(13-15)25-12-10-23-8-6-21-5-7-22-9-11-24-16/h3-4,13H,1,5-12H2,2H3,(H,19,20). The summed E-state index contributed by atoms with van der Waals surface area (Å²) in [6, 6.07) is 5.23. The first-order chi connectivity index (χ1) is 12.2. The average molecular weight is 351 g/mol. The summed E-state index contributed by atoms with van der Waals surface area (Å²) in [5.41, 5.74) is 1.04. The molecule has 0 bridgehead atoms. The van der Waals surface area contributed by atoms with Gasteiger partial charge in [-0.1, -0.05) is 6.58 Å². The van der Waals surface area contributed by atoms with Crippen molar-refractivity contribution in [3.63, 3.8) is 0 Å². The molecule has 1 aromatic rings. The molecule has 7 nitrogen and oxygen atoms in total. The summed E-state index contributed by atoms with van der Waals surface area (Å²) >= 11 is 0. The topological polar surface area (TPSA) is 75.3 Å². The van der Waals surface area contributed by atoms with Crippen LogP contribution in [0.5, 0.6) is 11.5 Å². The molecule has 0 spiro atoms. The van der Waals surface area contributed by atoms with E-state index in [0.717, 1.165) is 0 Å². The highest BCUT2D eigenvalue weighted by Gasteiger charge is 2.10. The van der Waals surface area contributed by atoms with Gasteiger partial charge in [-0.05, 0) is 19.1 Å². The zero-order chi connectivity index (χ0) is 17.9. The minimum absolute atomic E-state index is 0.241. The molecule has 7 heteroatoms. The molecule has 0 aliphatic carbocycles. The van der Waals surface area contributed by atoms with Gasteiger partial charge in [0.15, 0.2) is 11.5 Å². The highest BCUT2D eigenvalue weighted by Crippen LogP contribution is 2.30. The Morgan fingerprint density at radius 1 is 0.880 bits per heavy atom. The molecule has 138 valence electrons. The Bertz CT molecular complexity index is 575. The number of hydrogen-bond acceptors (Lipinski definition) is 6. The molecule has 0 unspecified atom stereocenters. The summed E-state index contributed by atoms with van der Waals surface area (Å²) in [6.07, 6.45) is 0. The van der Waals surface area contributed by atoms with E-state index in [0.29, 0.717) is 75.6 Å². The van der Waals surface area contributed by atoms with Crippen LogP contribution in [0.2, 0.25) is 0 Å². The maximum atomic E-state index is 11.8. The fourth-order valence-electron chi connectivity index (χ4n) is 2.02. The molecule has 25 heavy (non-hydrogen) atoms. The van der Waals surface area contributed by atoms with Gasteiger partial charge >= 0.3 is 0 Å². The molecule has 0 radical (unpaired) electrons. The van der Waals surface area contributed by atoms with Crippen LogP contribution < -0.4 is 14.8 Å². The van der Waals surface area contributed by atoms with E-state index in [1.165, 1.54) is 0 Å². The first-order valence-electron chi connectivity index (χ1n) is 8.26. The zero-order valence-corrected chi connectivity index (χ0v) is 14.5. The minimum atomic E-state index is -0.241. The largest absolute Gasteiger partial charge is 0.487 e. The molecule has 1 aliphatic heterocycles. The molecule has 1 aliphatic rings. The third-order valence-electron chi connectivity index (χ3n) is 3.30. The monoisotopic (exact) mass is 351 g/mol. The summed E-state index contributed by atoms with van der Waals surface area (Å²) in [5.74, 6) is 0.882. The minimum Gasteiger partial charge on any atom is -0.487 e. The second kappa shape index (κ2) is 10.7. The van der Waals surface area contributed by atoms with Gasteiger partial charge in [-0.15, -0.1) is 0 Å². The van der Waals surface area contributed by atoms with E-state index in [4.69, 9.17) is 23.7 Å². The third-order valence-corrected chi connectivity index (χ3v) is 3.30. The number of benzene rings is 1. The average Bonchev–Trinajstić information content (AvgIpc) is 2.60. The van der Waals surface area contributed by atoms with Crippen molar-refractivity contribution in [2.24, 2.45) is 0 Å². The molecule has 0 saturated carbocycles. The van der Waals surface area contributed by atoms with E-state index in [-0.39, 0.29) is 5.91 Å². The fraction of sp³-hybridized carbons (Fsp3) is 0.500. The number of anilines is 1. The van der Waals surface area contributed by atoms with Crippen LogP contribution in [0, 0.1) is 0 Å². The Morgan fingerprint density at radius 2 is 1.40 bits per heavy atom. The second-order valence-corrected chi connectivity index (χ2v) is 5.43. The first kappa shape index (κ1) is 19.2. The first-order valence-corrected chi connectivity index (χ1v) is 8.26. The number of nitrogens with one attached hydrogen (secondary N) is 1. The van der Waals surface area contributed by atoms with Gasteiger partial charge in [-0.25, -0.2) is 0 Å². The van der Waals surface area contributed by atoms with Gasteiger partial charge in [0.25, 0.3) is 5.91 Å². The summed E-state index contributed by atoms with van der Waals surface area (Å²) < 4.78 is 27.7. The van der Waals surface area contributed by atoms with Crippen LogP contribution in [0.15, 0.2) is 30.4 Å². The summed E-state index contributed by atoms with van der Waals surface area (Å²) in [5, 5.41) is 2.76. The van der Waals surface area contributed by atoms with Gasteiger partial charge in [0, 0.05) is 17.3 Å². The summed E-state index contributed by atoms with van der Waals surface area (Å²) in [4.78, 5) is 11.8. The van der Waals surface area contributed by atoms with Crippen LogP contribution in [-0.4, -0.2) is 58.8 Å². The maximum Gasteiger partial charge on any atom is 0.250 e. The lowest BCUT2D eigenvalue weighted by Crippen LogP contribution is -2.13. The van der Waals surface area contributed by atoms with Gasteiger partial charge in [0.05, 0.1) is 39.6 Å². The van der Waals surface area contributed by atoms with Crippen molar-refractivity contribution < 1.29 is 28.5 Å². The van der Waals surface area contributed by atoms with E-state index in [9.17, 15) is 4.79 Å². The van der Waals surface area contributed by atoms with E-state index in [1.807, 2.05) is 0 Å². The Labute approximate surface area is 147 Å². The number of amides is 1. The number of fused-ring (bicyclic) bond motifs is 1. The van der Waals surface area contributed by atoms with Gasteiger partial charge in [-0.2, -0.15) is 0 Å². The molecule has 1 aromatic carbocycles. The van der Waals surface area contributed by atoms with Crippen LogP contribution >= 0.6 is 0 Å². The van der Waals surface area contributed by atoms with Gasteiger partial charge < -0.3 is 29.0 Å². The Morgan fingerprint density at radius 3 is 1.96 bits per heavy atom. The fourth-order valence-corrected chi connectivity index (χ4v) is 2.02. The Kier molecular flexibility index (Phi) is 8.24. The van der Waals surface area contributed by atoms with Crippen molar-refractivity contribution in [3.8, 4) is 11.5 Å². The van der Waals surface area contributed by atoms with Crippen LogP contribution in [0.1, 0.15) is 6.92 Å². The van der Waals surface area contributed by atoms with E-state index >= 15 is 0 Å². The van der Waals surface area contributed by atoms with Crippen molar-refractivity contribution in [1.29, 1.82) is 0 Å². The van der Waals surface area contributed by atoms with Gasteiger partial charge in [-0.3, -0.25) is 4.79 Å².